The molecule has 4 aromatic rings. The van der Waals surface area contributed by atoms with Crippen LogP contribution in [0.25, 0.3) is 22.4 Å². The fourth-order valence-corrected chi connectivity index (χ4v) is 3.06. The molecule has 0 atom stereocenters. The van der Waals surface area contributed by atoms with Crippen LogP contribution in [0.2, 0.25) is 0 Å². The Hall–Kier alpha value is -4.17. The summed E-state index contributed by atoms with van der Waals surface area (Å²) in [5.74, 6) is -0.269. The molecule has 2 N–H and O–H groups in total. The van der Waals surface area contributed by atoms with Gasteiger partial charge in [-0.3, -0.25) is 4.79 Å². The SMILES string of the molecule is N#CC(=C(O)c1ccccc1C(=O)c1ccccc1)c1nc2ccccc2[nH]1. The number of nitrogens with zero attached hydrogens (tertiary/aromatic N) is 2. The molecule has 1 aromatic heterocycles. The number of nitriles is 1. The number of aromatic amines is 1. The highest BCUT2D eigenvalue weighted by Gasteiger charge is 2.20. The molecule has 0 fully saturated rings. The van der Waals surface area contributed by atoms with Gasteiger partial charge in [-0.2, -0.15) is 5.26 Å². The zero-order chi connectivity index (χ0) is 19.5. The van der Waals surface area contributed by atoms with Crippen molar-refractivity contribution >= 4 is 28.1 Å². The van der Waals surface area contributed by atoms with E-state index in [0.29, 0.717) is 16.6 Å². The number of hydrogen-bond donors (Lipinski definition) is 2. The maximum atomic E-state index is 12.9. The standard InChI is InChI=1S/C23H15N3O2/c24-14-18(23-25-19-12-6-7-13-20(19)26-23)22(28)17-11-5-4-10-16(17)21(27)15-8-2-1-3-9-15/h1-13,28H,(H,25,26). The normalized spacial score (nSPS) is 11.7. The minimum atomic E-state index is -0.290. The summed E-state index contributed by atoms with van der Waals surface area (Å²) in [5, 5.41) is 20.6. The second-order valence-electron chi connectivity index (χ2n) is 6.18. The third-order valence-electron chi connectivity index (χ3n) is 4.44. The number of carbonyl (C=O) groups excluding carboxylic acids is 1. The van der Waals surface area contributed by atoms with E-state index in [4.69, 9.17) is 0 Å². The lowest BCUT2D eigenvalue weighted by atomic mass is 9.96. The fraction of sp³-hybridized carbons (Fsp3) is 0. The third kappa shape index (κ3) is 3.04. The molecule has 0 bridgehead atoms. The molecule has 134 valence electrons. The number of fused-ring (bicyclic) bond motifs is 1. The number of benzene rings is 3. The molecule has 0 radical (unpaired) electrons. The third-order valence-corrected chi connectivity index (χ3v) is 4.44. The minimum absolute atomic E-state index is 0.0236. The van der Waals surface area contributed by atoms with Crippen LogP contribution in [0.4, 0.5) is 0 Å². The topological polar surface area (TPSA) is 89.8 Å². The monoisotopic (exact) mass is 365 g/mol. The molecule has 0 aliphatic rings. The lowest BCUT2D eigenvalue weighted by molar-refractivity contribution is 0.103. The van der Waals surface area contributed by atoms with E-state index in [1.165, 1.54) is 0 Å². The largest absolute Gasteiger partial charge is 0.506 e. The molecule has 0 spiro atoms. The highest BCUT2D eigenvalue weighted by molar-refractivity contribution is 6.12. The average Bonchev–Trinajstić information content (AvgIpc) is 3.18. The van der Waals surface area contributed by atoms with Crippen molar-refractivity contribution in [2.24, 2.45) is 0 Å². The smallest absolute Gasteiger partial charge is 0.193 e. The maximum Gasteiger partial charge on any atom is 0.193 e. The van der Waals surface area contributed by atoms with Crippen molar-refractivity contribution in [1.82, 2.24) is 9.97 Å². The van der Waals surface area contributed by atoms with E-state index in [1.54, 1.807) is 48.5 Å². The van der Waals surface area contributed by atoms with Gasteiger partial charge in [-0.1, -0.05) is 66.7 Å². The Bertz CT molecular complexity index is 1210. The van der Waals surface area contributed by atoms with Gasteiger partial charge in [0.15, 0.2) is 11.6 Å². The van der Waals surface area contributed by atoms with Crippen molar-refractivity contribution in [2.45, 2.75) is 0 Å². The molecular weight excluding hydrogens is 350 g/mol. The molecule has 0 saturated carbocycles. The van der Waals surface area contributed by atoms with E-state index in [-0.39, 0.29) is 28.5 Å². The number of hydrogen-bond acceptors (Lipinski definition) is 4. The number of allylic oxidation sites excluding steroid dienone is 1. The number of imidazole rings is 1. The minimum Gasteiger partial charge on any atom is -0.506 e. The van der Waals surface area contributed by atoms with Crippen LogP contribution in [-0.2, 0) is 0 Å². The van der Waals surface area contributed by atoms with Crippen LogP contribution in [0.3, 0.4) is 0 Å². The lowest BCUT2D eigenvalue weighted by Gasteiger charge is -2.09. The number of rotatable bonds is 4. The first-order chi connectivity index (χ1) is 13.7. The Morgan fingerprint density at radius 3 is 2.25 bits per heavy atom. The predicted molar refractivity (Wildman–Crippen MR) is 107 cm³/mol. The number of ketones is 1. The lowest BCUT2D eigenvalue weighted by Crippen LogP contribution is -2.06. The summed E-state index contributed by atoms with van der Waals surface area (Å²) in [4.78, 5) is 20.3. The van der Waals surface area contributed by atoms with E-state index in [9.17, 15) is 15.2 Å². The summed E-state index contributed by atoms with van der Waals surface area (Å²) in [7, 11) is 0. The molecule has 4 rings (SSSR count). The van der Waals surface area contributed by atoms with Gasteiger partial charge in [0.2, 0.25) is 0 Å². The zero-order valence-corrected chi connectivity index (χ0v) is 14.8. The van der Waals surface area contributed by atoms with E-state index in [1.807, 2.05) is 36.4 Å². The highest BCUT2D eigenvalue weighted by Crippen LogP contribution is 2.27. The van der Waals surface area contributed by atoms with Crippen LogP contribution in [0.15, 0.2) is 78.9 Å². The van der Waals surface area contributed by atoms with Gasteiger partial charge in [-0.25, -0.2) is 4.98 Å². The molecule has 28 heavy (non-hydrogen) atoms. The summed E-state index contributed by atoms with van der Waals surface area (Å²) < 4.78 is 0. The molecular formula is C23H15N3O2. The van der Waals surface area contributed by atoms with Crippen LogP contribution in [0.5, 0.6) is 0 Å². The highest BCUT2D eigenvalue weighted by atomic mass is 16.3. The molecule has 3 aromatic carbocycles. The number of carbonyl (C=O) groups is 1. The first-order valence-electron chi connectivity index (χ1n) is 8.66. The zero-order valence-electron chi connectivity index (χ0n) is 14.8. The summed E-state index contributed by atoms with van der Waals surface area (Å²) in [6, 6.07) is 24.9. The summed E-state index contributed by atoms with van der Waals surface area (Å²) >= 11 is 0. The number of H-pyrrole nitrogens is 1. The molecule has 5 heteroatoms. The van der Waals surface area contributed by atoms with Crippen LogP contribution in [-0.4, -0.2) is 20.9 Å². The molecule has 0 aliphatic heterocycles. The molecule has 0 saturated heterocycles. The van der Waals surface area contributed by atoms with Gasteiger partial charge in [0.05, 0.1) is 11.0 Å². The maximum absolute atomic E-state index is 12.9. The second kappa shape index (κ2) is 7.22. The Kier molecular flexibility index (Phi) is 4.45. The van der Waals surface area contributed by atoms with Crippen molar-refractivity contribution in [1.29, 1.82) is 5.26 Å². The van der Waals surface area contributed by atoms with E-state index in [2.05, 4.69) is 9.97 Å². The van der Waals surface area contributed by atoms with Gasteiger partial charge >= 0.3 is 0 Å². The van der Waals surface area contributed by atoms with E-state index < -0.39 is 0 Å². The quantitative estimate of drug-likeness (QED) is 0.310. The van der Waals surface area contributed by atoms with Crippen molar-refractivity contribution in [3.63, 3.8) is 0 Å². The summed E-state index contributed by atoms with van der Waals surface area (Å²) in [6.07, 6.45) is 0. The predicted octanol–water partition coefficient (Wildman–Crippen LogP) is 4.74. The van der Waals surface area contributed by atoms with Crippen LogP contribution in [0, 0.1) is 11.3 Å². The Morgan fingerprint density at radius 2 is 1.54 bits per heavy atom. The number of aromatic nitrogens is 2. The van der Waals surface area contributed by atoms with Gasteiger partial charge in [-0.05, 0) is 12.1 Å². The Labute approximate surface area is 161 Å². The van der Waals surface area contributed by atoms with E-state index >= 15 is 0 Å². The van der Waals surface area contributed by atoms with Crippen LogP contribution in [0.1, 0.15) is 27.3 Å². The molecule has 5 nitrogen and oxygen atoms in total. The first-order valence-corrected chi connectivity index (χ1v) is 8.66. The number of para-hydroxylation sites is 2. The Morgan fingerprint density at radius 1 is 0.893 bits per heavy atom. The van der Waals surface area contributed by atoms with Gasteiger partial charge in [0.1, 0.15) is 17.4 Å². The van der Waals surface area contributed by atoms with Crippen molar-refractivity contribution < 1.29 is 9.90 Å². The van der Waals surface area contributed by atoms with Crippen LogP contribution >= 0.6 is 0 Å². The summed E-state index contributed by atoms with van der Waals surface area (Å²) in [6.45, 7) is 0. The van der Waals surface area contributed by atoms with Crippen molar-refractivity contribution in [3.05, 3.63) is 101 Å². The Balaban J connectivity index is 1.86. The van der Waals surface area contributed by atoms with Gasteiger partial charge in [-0.15, -0.1) is 0 Å². The molecule has 0 aliphatic carbocycles. The second-order valence-corrected chi connectivity index (χ2v) is 6.18. The van der Waals surface area contributed by atoms with Gasteiger partial charge in [0, 0.05) is 16.7 Å². The first kappa shape index (κ1) is 17.3. The molecule has 1 heterocycles. The fourth-order valence-electron chi connectivity index (χ4n) is 3.06. The molecule has 0 amide bonds. The molecule has 0 unspecified atom stereocenters. The number of aliphatic hydroxyl groups excluding tert-OH is 1. The number of aliphatic hydroxyl groups is 1. The van der Waals surface area contributed by atoms with Crippen LogP contribution < -0.4 is 0 Å². The van der Waals surface area contributed by atoms with Gasteiger partial charge < -0.3 is 10.1 Å². The van der Waals surface area contributed by atoms with Crippen molar-refractivity contribution in [3.8, 4) is 6.07 Å². The number of nitrogens with one attached hydrogen (secondary N) is 1. The van der Waals surface area contributed by atoms with Gasteiger partial charge in [0.25, 0.3) is 0 Å². The average molecular weight is 365 g/mol. The van der Waals surface area contributed by atoms with E-state index in [0.717, 1.165) is 5.52 Å². The summed E-state index contributed by atoms with van der Waals surface area (Å²) in [5.41, 5.74) is 2.52. The van der Waals surface area contributed by atoms with Crippen molar-refractivity contribution in [2.75, 3.05) is 0 Å².